The van der Waals surface area contributed by atoms with E-state index in [1.54, 1.807) is 0 Å². The predicted molar refractivity (Wildman–Crippen MR) is 44.5 cm³/mol. The lowest BCUT2D eigenvalue weighted by atomic mass is 9.75. The second-order valence-corrected chi connectivity index (χ2v) is 4.15. The molecule has 0 amide bonds. The first kappa shape index (κ1) is 7.56. The quantitative estimate of drug-likeness (QED) is 0.610. The van der Waals surface area contributed by atoms with Gasteiger partial charge in [0, 0.05) is 6.04 Å². The van der Waals surface area contributed by atoms with Crippen molar-refractivity contribution in [2.45, 2.75) is 44.2 Å². The summed E-state index contributed by atoms with van der Waals surface area (Å²) in [5, 5.41) is 9.79. The van der Waals surface area contributed by atoms with E-state index in [0.717, 1.165) is 6.42 Å². The van der Waals surface area contributed by atoms with Crippen LogP contribution >= 0.6 is 0 Å². The molecule has 1 heterocycles. The van der Waals surface area contributed by atoms with E-state index in [9.17, 15) is 5.11 Å². The summed E-state index contributed by atoms with van der Waals surface area (Å²) in [6, 6.07) is 0.477. The summed E-state index contributed by atoms with van der Waals surface area (Å²) in [5.74, 6) is 0. The summed E-state index contributed by atoms with van der Waals surface area (Å²) < 4.78 is 0. The van der Waals surface area contributed by atoms with Crippen LogP contribution in [0.2, 0.25) is 0 Å². The highest BCUT2D eigenvalue weighted by molar-refractivity contribution is 5.00. The van der Waals surface area contributed by atoms with Crippen molar-refractivity contribution in [3.05, 3.63) is 0 Å². The van der Waals surface area contributed by atoms with Gasteiger partial charge in [0.15, 0.2) is 0 Å². The first-order chi connectivity index (χ1) is 5.20. The Hall–Kier alpha value is -0.0800. The molecule has 2 heteroatoms. The van der Waals surface area contributed by atoms with E-state index >= 15 is 0 Å². The third kappa shape index (κ3) is 1.18. The highest BCUT2D eigenvalue weighted by atomic mass is 16.3. The van der Waals surface area contributed by atoms with Crippen LogP contribution in [0.3, 0.4) is 0 Å². The molecule has 0 aromatic carbocycles. The molecule has 0 spiro atoms. The second kappa shape index (κ2) is 2.46. The molecule has 64 valence electrons. The molecule has 1 saturated carbocycles. The van der Waals surface area contributed by atoms with Crippen LogP contribution in [0.4, 0.5) is 0 Å². The Bertz CT molecular complexity index is 150. The summed E-state index contributed by atoms with van der Waals surface area (Å²) in [5.41, 5.74) is -0.371. The minimum Gasteiger partial charge on any atom is -0.389 e. The number of rotatable bonds is 1. The van der Waals surface area contributed by atoms with Gasteiger partial charge < -0.3 is 5.11 Å². The molecule has 2 rings (SSSR count). The van der Waals surface area contributed by atoms with Crippen LogP contribution in [0, 0.1) is 0 Å². The van der Waals surface area contributed by atoms with Crippen molar-refractivity contribution in [3.63, 3.8) is 0 Å². The lowest BCUT2D eigenvalue weighted by molar-refractivity contribution is -0.0966. The number of hydrogen-bond acceptors (Lipinski definition) is 2. The van der Waals surface area contributed by atoms with Gasteiger partial charge in [-0.3, -0.25) is 4.90 Å². The summed E-state index contributed by atoms with van der Waals surface area (Å²) >= 11 is 0. The summed E-state index contributed by atoms with van der Waals surface area (Å²) in [6.07, 6.45) is 4.85. The van der Waals surface area contributed by atoms with Gasteiger partial charge in [-0.2, -0.15) is 0 Å². The van der Waals surface area contributed by atoms with Gasteiger partial charge >= 0.3 is 0 Å². The molecular weight excluding hydrogens is 138 g/mol. The van der Waals surface area contributed by atoms with E-state index in [-0.39, 0.29) is 5.60 Å². The molecule has 0 radical (unpaired) electrons. The van der Waals surface area contributed by atoms with Crippen LogP contribution in [0.25, 0.3) is 0 Å². The molecule has 0 unspecified atom stereocenters. The number of hydrogen-bond donors (Lipinski definition) is 1. The first-order valence-corrected chi connectivity index (χ1v) is 4.66. The SMILES string of the molecule is C[C@]1(O)CC[C@@H]1N1CCCC1. The zero-order chi connectivity index (χ0) is 7.90. The molecule has 1 N–H and O–H groups in total. The number of likely N-dealkylation sites (tertiary alicyclic amines) is 1. The van der Waals surface area contributed by atoms with Crippen molar-refractivity contribution in [1.29, 1.82) is 0 Å². The zero-order valence-electron chi connectivity index (χ0n) is 7.21. The van der Waals surface area contributed by atoms with Crippen molar-refractivity contribution >= 4 is 0 Å². The molecule has 11 heavy (non-hydrogen) atoms. The van der Waals surface area contributed by atoms with Crippen molar-refractivity contribution in [2.75, 3.05) is 13.1 Å². The van der Waals surface area contributed by atoms with Crippen molar-refractivity contribution in [3.8, 4) is 0 Å². The van der Waals surface area contributed by atoms with Gasteiger partial charge in [0.1, 0.15) is 0 Å². The molecule has 2 nitrogen and oxygen atoms in total. The molecule has 1 aliphatic heterocycles. The lowest BCUT2D eigenvalue weighted by Gasteiger charge is -2.47. The molecule has 1 saturated heterocycles. The van der Waals surface area contributed by atoms with Gasteiger partial charge in [0.25, 0.3) is 0 Å². The highest BCUT2D eigenvalue weighted by Crippen LogP contribution is 2.37. The average molecular weight is 155 g/mol. The average Bonchev–Trinajstić information content (AvgIpc) is 2.38. The van der Waals surface area contributed by atoms with Crippen LogP contribution in [0.1, 0.15) is 32.6 Å². The van der Waals surface area contributed by atoms with E-state index in [1.807, 2.05) is 6.92 Å². The predicted octanol–water partition coefficient (Wildman–Crippen LogP) is 0.996. The Morgan fingerprint density at radius 3 is 2.36 bits per heavy atom. The molecule has 1 aliphatic carbocycles. The normalized spacial score (nSPS) is 45.8. The third-order valence-electron chi connectivity index (χ3n) is 3.22. The number of nitrogens with zero attached hydrogens (tertiary/aromatic N) is 1. The minimum absolute atomic E-state index is 0.371. The van der Waals surface area contributed by atoms with E-state index in [2.05, 4.69) is 4.90 Å². The fraction of sp³-hybridized carbons (Fsp3) is 1.00. The lowest BCUT2D eigenvalue weighted by Crippen LogP contribution is -2.57. The van der Waals surface area contributed by atoms with Crippen molar-refractivity contribution in [1.82, 2.24) is 4.90 Å². The first-order valence-electron chi connectivity index (χ1n) is 4.66. The molecule has 2 fully saturated rings. The molecule has 0 aromatic heterocycles. The summed E-state index contributed by atoms with van der Waals surface area (Å²) in [6.45, 7) is 4.39. The Labute approximate surface area is 68.2 Å². The van der Waals surface area contributed by atoms with Crippen molar-refractivity contribution in [2.24, 2.45) is 0 Å². The fourth-order valence-corrected chi connectivity index (χ4v) is 2.32. The van der Waals surface area contributed by atoms with E-state index in [0.29, 0.717) is 6.04 Å². The van der Waals surface area contributed by atoms with Gasteiger partial charge in [-0.15, -0.1) is 0 Å². The van der Waals surface area contributed by atoms with Crippen LogP contribution in [0.5, 0.6) is 0 Å². The fourth-order valence-electron chi connectivity index (χ4n) is 2.32. The number of aliphatic hydroxyl groups is 1. The van der Waals surface area contributed by atoms with Gasteiger partial charge in [-0.25, -0.2) is 0 Å². The minimum atomic E-state index is -0.371. The van der Waals surface area contributed by atoms with Gasteiger partial charge in [-0.1, -0.05) is 0 Å². The van der Waals surface area contributed by atoms with E-state index < -0.39 is 0 Å². The van der Waals surface area contributed by atoms with Crippen LogP contribution in [-0.2, 0) is 0 Å². The maximum absolute atomic E-state index is 9.79. The topological polar surface area (TPSA) is 23.5 Å². The maximum Gasteiger partial charge on any atom is 0.0774 e. The van der Waals surface area contributed by atoms with Crippen molar-refractivity contribution < 1.29 is 5.11 Å². The largest absolute Gasteiger partial charge is 0.389 e. The highest BCUT2D eigenvalue weighted by Gasteiger charge is 2.44. The zero-order valence-corrected chi connectivity index (χ0v) is 7.21. The standard InChI is InChI=1S/C9H17NO/c1-9(11)5-4-8(9)10-6-2-3-7-10/h8,11H,2-7H2,1H3/t8-,9-/m0/s1. The maximum atomic E-state index is 9.79. The monoisotopic (exact) mass is 155 g/mol. The van der Waals surface area contributed by atoms with Gasteiger partial charge in [0.05, 0.1) is 5.60 Å². The second-order valence-electron chi connectivity index (χ2n) is 4.15. The Kier molecular flexibility index (Phi) is 1.69. The van der Waals surface area contributed by atoms with Crippen LogP contribution < -0.4 is 0 Å². The summed E-state index contributed by atoms with van der Waals surface area (Å²) in [4.78, 5) is 2.45. The van der Waals surface area contributed by atoms with Crippen LogP contribution in [0.15, 0.2) is 0 Å². The molecule has 2 atom stereocenters. The smallest absolute Gasteiger partial charge is 0.0774 e. The molecule has 0 bridgehead atoms. The van der Waals surface area contributed by atoms with E-state index in [4.69, 9.17) is 0 Å². The third-order valence-corrected chi connectivity index (χ3v) is 3.22. The van der Waals surface area contributed by atoms with Gasteiger partial charge in [0.2, 0.25) is 0 Å². The molecule has 0 aromatic rings. The Morgan fingerprint density at radius 1 is 1.36 bits per heavy atom. The summed E-state index contributed by atoms with van der Waals surface area (Å²) in [7, 11) is 0. The molecular formula is C9H17NO. The van der Waals surface area contributed by atoms with Gasteiger partial charge in [-0.05, 0) is 45.7 Å². The van der Waals surface area contributed by atoms with E-state index in [1.165, 1.54) is 32.4 Å². The van der Waals surface area contributed by atoms with Crippen LogP contribution in [-0.4, -0.2) is 34.7 Å². The Balaban J connectivity index is 1.94. The molecule has 2 aliphatic rings. The Morgan fingerprint density at radius 2 is 2.00 bits per heavy atom.